The molecule has 192 valence electrons. The maximum Gasteiger partial charge on any atom is 0.343 e. The van der Waals surface area contributed by atoms with Gasteiger partial charge < -0.3 is 4.74 Å². The van der Waals surface area contributed by atoms with Gasteiger partial charge in [-0.2, -0.15) is 5.10 Å². The molecule has 0 spiro atoms. The molecule has 9 nitrogen and oxygen atoms in total. The molecule has 0 saturated heterocycles. The van der Waals surface area contributed by atoms with Crippen LogP contribution < -0.4 is 15.5 Å². The molecule has 2 amide bonds. The number of nitrogens with zero attached hydrogens (tertiary/aromatic N) is 3. The number of anilines is 1. The summed E-state index contributed by atoms with van der Waals surface area (Å²) in [7, 11) is 0. The van der Waals surface area contributed by atoms with Crippen molar-refractivity contribution in [2.45, 2.75) is 0 Å². The fraction of sp³-hybridized carbons (Fsp3) is 0. The Morgan fingerprint density at radius 1 is 0.846 bits per heavy atom. The van der Waals surface area contributed by atoms with Crippen LogP contribution in [0.25, 0.3) is 21.3 Å². The van der Waals surface area contributed by atoms with Gasteiger partial charge in [-0.15, -0.1) is 10.2 Å². The third-order valence-corrected chi connectivity index (χ3v) is 6.59. The molecule has 0 aliphatic carbocycles. The van der Waals surface area contributed by atoms with E-state index in [9.17, 15) is 14.4 Å². The summed E-state index contributed by atoms with van der Waals surface area (Å²) in [5.41, 5.74) is 3.78. The summed E-state index contributed by atoms with van der Waals surface area (Å²) in [5.74, 6) is -2.34. The summed E-state index contributed by atoms with van der Waals surface area (Å²) in [6, 6.07) is 26.4. The Balaban J connectivity index is 1.30. The summed E-state index contributed by atoms with van der Waals surface area (Å²) in [6.45, 7) is 0. The second kappa shape index (κ2) is 11.6. The second-order valence-corrected chi connectivity index (χ2v) is 9.44. The van der Waals surface area contributed by atoms with Crippen LogP contribution in [0.4, 0.5) is 5.13 Å². The molecular formula is C28H18ClN5O4S. The Bertz CT molecular complexity index is 1700. The van der Waals surface area contributed by atoms with Crippen molar-refractivity contribution in [2.24, 2.45) is 5.10 Å². The first-order valence-electron chi connectivity index (χ1n) is 11.5. The highest BCUT2D eigenvalue weighted by Gasteiger charge is 2.17. The number of hydrazone groups is 1. The number of ether oxygens (including phenoxy) is 1. The van der Waals surface area contributed by atoms with Crippen molar-refractivity contribution >= 4 is 62.8 Å². The first kappa shape index (κ1) is 25.7. The first-order valence-corrected chi connectivity index (χ1v) is 12.7. The number of hydrogen-bond acceptors (Lipinski definition) is 8. The van der Waals surface area contributed by atoms with Gasteiger partial charge in [0.05, 0.1) is 11.8 Å². The topological polar surface area (TPSA) is 123 Å². The van der Waals surface area contributed by atoms with Gasteiger partial charge in [0.1, 0.15) is 10.8 Å². The Morgan fingerprint density at radius 3 is 2.38 bits per heavy atom. The van der Waals surface area contributed by atoms with E-state index in [2.05, 4.69) is 26.0 Å². The van der Waals surface area contributed by atoms with Gasteiger partial charge in [-0.1, -0.05) is 83.6 Å². The van der Waals surface area contributed by atoms with Gasteiger partial charge in [0.15, 0.2) is 0 Å². The minimum Gasteiger partial charge on any atom is -0.422 e. The number of esters is 1. The fourth-order valence-electron chi connectivity index (χ4n) is 3.57. The molecule has 5 rings (SSSR count). The normalized spacial score (nSPS) is 10.9. The van der Waals surface area contributed by atoms with E-state index in [-0.39, 0.29) is 10.9 Å². The number of aromatic nitrogens is 2. The lowest BCUT2D eigenvalue weighted by Gasteiger charge is -2.10. The lowest BCUT2D eigenvalue weighted by molar-refractivity contribution is -0.136. The number of benzene rings is 4. The molecule has 5 aromatic rings. The van der Waals surface area contributed by atoms with Gasteiger partial charge >= 0.3 is 17.8 Å². The minimum absolute atomic E-state index is 0.170. The van der Waals surface area contributed by atoms with Crippen molar-refractivity contribution in [1.29, 1.82) is 0 Å². The third-order valence-electron chi connectivity index (χ3n) is 5.45. The number of amides is 2. The molecule has 0 fully saturated rings. The van der Waals surface area contributed by atoms with E-state index >= 15 is 0 Å². The zero-order chi connectivity index (χ0) is 27.2. The van der Waals surface area contributed by atoms with Crippen molar-refractivity contribution in [2.75, 3.05) is 5.32 Å². The van der Waals surface area contributed by atoms with E-state index in [4.69, 9.17) is 16.3 Å². The molecule has 11 heteroatoms. The number of fused-ring (bicyclic) bond motifs is 1. The average Bonchev–Trinajstić information content (AvgIpc) is 3.43. The van der Waals surface area contributed by atoms with Crippen LogP contribution in [0.2, 0.25) is 5.02 Å². The van der Waals surface area contributed by atoms with Crippen molar-refractivity contribution in [3.8, 4) is 16.3 Å². The summed E-state index contributed by atoms with van der Waals surface area (Å²) >= 11 is 7.04. The van der Waals surface area contributed by atoms with Gasteiger partial charge in [0, 0.05) is 16.1 Å². The molecule has 0 bridgehead atoms. The molecular weight excluding hydrogens is 538 g/mol. The van der Waals surface area contributed by atoms with Crippen LogP contribution in [0.1, 0.15) is 15.9 Å². The van der Waals surface area contributed by atoms with Crippen molar-refractivity contribution < 1.29 is 19.1 Å². The van der Waals surface area contributed by atoms with Crippen molar-refractivity contribution in [3.63, 3.8) is 0 Å². The predicted molar refractivity (Wildman–Crippen MR) is 150 cm³/mol. The van der Waals surface area contributed by atoms with Gasteiger partial charge in [-0.3, -0.25) is 14.9 Å². The SMILES string of the molecule is O=C(N/N=C/c1c(OC(=O)c2ccc(Cl)cc2)ccc2ccccc12)C(=O)Nc1nnc(-c2ccccc2)s1. The van der Waals surface area contributed by atoms with Crippen LogP contribution in [0.5, 0.6) is 5.75 Å². The van der Waals surface area contributed by atoms with Crippen LogP contribution in [-0.4, -0.2) is 34.2 Å². The Labute approximate surface area is 231 Å². The number of carbonyl (C=O) groups is 3. The molecule has 0 radical (unpaired) electrons. The second-order valence-electron chi connectivity index (χ2n) is 8.03. The molecule has 1 aromatic heterocycles. The number of hydrogen-bond donors (Lipinski definition) is 2. The van der Waals surface area contributed by atoms with Crippen LogP contribution in [0.3, 0.4) is 0 Å². The van der Waals surface area contributed by atoms with E-state index in [0.29, 0.717) is 21.2 Å². The molecule has 0 aliphatic heterocycles. The smallest absolute Gasteiger partial charge is 0.343 e. The lowest BCUT2D eigenvalue weighted by atomic mass is 10.0. The summed E-state index contributed by atoms with van der Waals surface area (Å²) in [4.78, 5) is 37.5. The van der Waals surface area contributed by atoms with Crippen molar-refractivity contribution in [1.82, 2.24) is 15.6 Å². The first-order chi connectivity index (χ1) is 19.0. The monoisotopic (exact) mass is 555 g/mol. The van der Waals surface area contributed by atoms with Crippen LogP contribution in [0, 0.1) is 0 Å². The largest absolute Gasteiger partial charge is 0.422 e. The van der Waals surface area contributed by atoms with Crippen LogP contribution in [0.15, 0.2) is 96.1 Å². The van der Waals surface area contributed by atoms with E-state index in [1.807, 2.05) is 54.6 Å². The van der Waals surface area contributed by atoms with Crippen LogP contribution in [-0.2, 0) is 9.59 Å². The molecule has 39 heavy (non-hydrogen) atoms. The van der Waals surface area contributed by atoms with E-state index in [1.54, 1.807) is 36.4 Å². The number of nitrogens with one attached hydrogen (secondary N) is 2. The summed E-state index contributed by atoms with van der Waals surface area (Å²) < 4.78 is 5.62. The summed E-state index contributed by atoms with van der Waals surface area (Å²) in [5, 5.41) is 17.1. The molecule has 2 N–H and O–H groups in total. The lowest BCUT2D eigenvalue weighted by Crippen LogP contribution is -2.32. The fourth-order valence-corrected chi connectivity index (χ4v) is 4.44. The van der Waals surface area contributed by atoms with E-state index in [0.717, 1.165) is 27.7 Å². The minimum atomic E-state index is -1.01. The Kier molecular flexibility index (Phi) is 7.67. The molecule has 0 atom stereocenters. The summed E-state index contributed by atoms with van der Waals surface area (Å²) in [6.07, 6.45) is 1.32. The quantitative estimate of drug-likeness (QED) is 0.0961. The highest BCUT2D eigenvalue weighted by atomic mass is 35.5. The van der Waals surface area contributed by atoms with Gasteiger partial charge in [-0.25, -0.2) is 10.2 Å². The zero-order valence-electron chi connectivity index (χ0n) is 20.0. The highest BCUT2D eigenvalue weighted by molar-refractivity contribution is 7.18. The van der Waals surface area contributed by atoms with Gasteiger partial charge in [-0.05, 0) is 41.1 Å². The molecule has 0 saturated carbocycles. The Morgan fingerprint density at radius 2 is 1.59 bits per heavy atom. The Hall–Kier alpha value is -4.93. The number of rotatable bonds is 6. The molecule has 0 unspecified atom stereocenters. The van der Waals surface area contributed by atoms with E-state index < -0.39 is 17.8 Å². The van der Waals surface area contributed by atoms with Crippen molar-refractivity contribution in [3.05, 3.63) is 107 Å². The average molecular weight is 556 g/mol. The zero-order valence-corrected chi connectivity index (χ0v) is 21.6. The third kappa shape index (κ3) is 6.15. The maximum atomic E-state index is 12.7. The van der Waals surface area contributed by atoms with Gasteiger partial charge in [0.25, 0.3) is 0 Å². The maximum absolute atomic E-state index is 12.7. The highest BCUT2D eigenvalue weighted by Crippen LogP contribution is 2.28. The predicted octanol–water partition coefficient (Wildman–Crippen LogP) is 5.32. The number of carbonyl (C=O) groups excluding carboxylic acids is 3. The standard InChI is InChI=1S/C28H18ClN5O4S/c29-20-13-10-19(11-14-20)27(37)38-23-15-12-17-6-4-5-9-21(17)22(23)16-30-32-25(36)24(35)31-28-34-33-26(39-28)18-7-2-1-3-8-18/h1-16H,(H,32,36)(H,31,34,35)/b30-16+. The molecule has 0 aliphatic rings. The number of halogens is 1. The molecule has 4 aromatic carbocycles. The molecule has 1 heterocycles. The van der Waals surface area contributed by atoms with Crippen LogP contribution >= 0.6 is 22.9 Å². The van der Waals surface area contributed by atoms with E-state index in [1.165, 1.54) is 6.21 Å². The van der Waals surface area contributed by atoms with Gasteiger partial charge in [0.2, 0.25) is 5.13 Å².